The molecular formula is C16H19ClFNO. The normalized spacial score (nSPS) is 12.7. The van der Waals surface area contributed by atoms with Crippen molar-refractivity contribution < 1.29 is 8.81 Å². The maximum absolute atomic E-state index is 13.8. The van der Waals surface area contributed by atoms with Crippen molar-refractivity contribution in [2.24, 2.45) is 0 Å². The van der Waals surface area contributed by atoms with Gasteiger partial charge in [0.15, 0.2) is 5.22 Å². The number of hydrogen-bond donors (Lipinski definition) is 1. The highest BCUT2D eigenvalue weighted by Crippen LogP contribution is 2.28. The molecule has 0 saturated carbocycles. The highest BCUT2D eigenvalue weighted by Gasteiger charge is 2.19. The van der Waals surface area contributed by atoms with Crippen LogP contribution in [0.3, 0.4) is 0 Å². The Morgan fingerprint density at radius 2 is 1.90 bits per heavy atom. The molecule has 1 aromatic carbocycles. The molecule has 0 fully saturated rings. The third-order valence-electron chi connectivity index (χ3n) is 3.27. The fraction of sp³-hybridized carbons (Fsp3) is 0.375. The van der Waals surface area contributed by atoms with E-state index in [0.717, 1.165) is 24.3 Å². The molecule has 4 heteroatoms. The van der Waals surface area contributed by atoms with Crippen LogP contribution in [0.25, 0.3) is 0 Å². The van der Waals surface area contributed by atoms with Crippen molar-refractivity contribution in [2.75, 3.05) is 6.54 Å². The van der Waals surface area contributed by atoms with Crippen LogP contribution in [-0.2, 0) is 0 Å². The summed E-state index contributed by atoms with van der Waals surface area (Å²) in [5.41, 5.74) is 2.27. The molecule has 0 aliphatic rings. The molecule has 20 heavy (non-hydrogen) atoms. The van der Waals surface area contributed by atoms with E-state index >= 15 is 0 Å². The van der Waals surface area contributed by atoms with Crippen molar-refractivity contribution in [1.82, 2.24) is 5.32 Å². The zero-order valence-corrected chi connectivity index (χ0v) is 12.7. The van der Waals surface area contributed by atoms with E-state index in [1.807, 2.05) is 18.2 Å². The maximum Gasteiger partial charge on any atom is 0.193 e. The number of rotatable bonds is 5. The monoisotopic (exact) mass is 295 g/mol. The van der Waals surface area contributed by atoms with Crippen molar-refractivity contribution in [3.05, 3.63) is 57.8 Å². The predicted molar refractivity (Wildman–Crippen MR) is 79.7 cm³/mol. The first kappa shape index (κ1) is 15.1. The molecule has 0 amide bonds. The molecule has 108 valence electrons. The Bertz CT molecular complexity index is 571. The SMILES string of the molecule is CCCNC(c1cc(C)c(F)c(C)c1)c1ccc(Cl)o1. The van der Waals surface area contributed by atoms with Crippen LogP contribution < -0.4 is 5.32 Å². The summed E-state index contributed by atoms with van der Waals surface area (Å²) in [6.45, 7) is 6.49. The van der Waals surface area contributed by atoms with Crippen molar-refractivity contribution >= 4 is 11.6 Å². The Morgan fingerprint density at radius 3 is 2.40 bits per heavy atom. The maximum atomic E-state index is 13.8. The van der Waals surface area contributed by atoms with Crippen molar-refractivity contribution in [3.8, 4) is 0 Å². The minimum Gasteiger partial charge on any atom is -0.448 e. The van der Waals surface area contributed by atoms with Gasteiger partial charge < -0.3 is 9.73 Å². The summed E-state index contributed by atoms with van der Waals surface area (Å²) in [5, 5.41) is 3.77. The van der Waals surface area contributed by atoms with Crippen LogP contribution in [0.1, 0.15) is 41.8 Å². The Hall–Kier alpha value is -1.32. The van der Waals surface area contributed by atoms with Gasteiger partial charge in [0.25, 0.3) is 0 Å². The number of hydrogen-bond acceptors (Lipinski definition) is 2. The van der Waals surface area contributed by atoms with Gasteiger partial charge >= 0.3 is 0 Å². The molecule has 0 spiro atoms. The van der Waals surface area contributed by atoms with Gasteiger partial charge in [0, 0.05) is 0 Å². The number of nitrogens with one attached hydrogen (secondary N) is 1. The van der Waals surface area contributed by atoms with Gasteiger partial charge in [-0.3, -0.25) is 0 Å². The molecule has 0 saturated heterocycles. The first-order chi connectivity index (χ1) is 9.52. The predicted octanol–water partition coefficient (Wildman–Crippen LogP) is 4.78. The van der Waals surface area contributed by atoms with Gasteiger partial charge in [-0.25, -0.2) is 4.39 Å². The van der Waals surface area contributed by atoms with Crippen LogP contribution in [0.15, 0.2) is 28.7 Å². The summed E-state index contributed by atoms with van der Waals surface area (Å²) in [7, 11) is 0. The number of benzene rings is 1. The molecule has 1 N–H and O–H groups in total. The third kappa shape index (κ3) is 3.22. The zero-order valence-electron chi connectivity index (χ0n) is 12.0. The van der Waals surface area contributed by atoms with Gasteiger partial charge in [-0.2, -0.15) is 0 Å². The number of furan rings is 1. The molecule has 0 bridgehead atoms. The van der Waals surface area contributed by atoms with Gasteiger partial charge in [0.05, 0.1) is 6.04 Å². The highest BCUT2D eigenvalue weighted by molar-refractivity contribution is 6.28. The first-order valence-electron chi connectivity index (χ1n) is 6.78. The fourth-order valence-corrected chi connectivity index (χ4v) is 2.45. The molecule has 0 radical (unpaired) electrons. The lowest BCUT2D eigenvalue weighted by atomic mass is 9.99. The molecule has 1 aromatic heterocycles. The third-order valence-corrected chi connectivity index (χ3v) is 3.47. The highest BCUT2D eigenvalue weighted by atomic mass is 35.5. The lowest BCUT2D eigenvalue weighted by Gasteiger charge is -2.18. The lowest BCUT2D eigenvalue weighted by molar-refractivity contribution is 0.447. The average Bonchev–Trinajstić information content (AvgIpc) is 2.83. The smallest absolute Gasteiger partial charge is 0.193 e. The minimum absolute atomic E-state index is 0.111. The molecule has 2 nitrogen and oxygen atoms in total. The van der Waals surface area contributed by atoms with Crippen LogP contribution in [-0.4, -0.2) is 6.54 Å². The molecule has 2 rings (SSSR count). The topological polar surface area (TPSA) is 25.2 Å². The van der Waals surface area contributed by atoms with E-state index in [1.54, 1.807) is 19.9 Å². The molecule has 1 heterocycles. The van der Waals surface area contributed by atoms with Crippen LogP contribution in [0.2, 0.25) is 5.22 Å². The second-order valence-electron chi connectivity index (χ2n) is 5.00. The molecule has 0 aliphatic carbocycles. The van der Waals surface area contributed by atoms with E-state index < -0.39 is 0 Å². The summed E-state index contributed by atoms with van der Waals surface area (Å²) in [6.07, 6.45) is 1.00. The average molecular weight is 296 g/mol. The molecule has 0 aliphatic heterocycles. The summed E-state index contributed by atoms with van der Waals surface area (Å²) in [5.74, 6) is 0.592. The van der Waals surface area contributed by atoms with E-state index in [1.165, 1.54) is 0 Å². The zero-order chi connectivity index (χ0) is 14.7. The Labute approximate surface area is 123 Å². The van der Waals surface area contributed by atoms with Crippen LogP contribution in [0, 0.1) is 19.7 Å². The summed E-state index contributed by atoms with van der Waals surface area (Å²) in [6, 6.07) is 7.17. The summed E-state index contributed by atoms with van der Waals surface area (Å²) >= 11 is 5.86. The minimum atomic E-state index is -0.152. The second-order valence-corrected chi connectivity index (χ2v) is 5.37. The standard InChI is InChI=1S/C16H19ClFNO/c1-4-7-19-16(13-5-6-14(17)20-13)12-8-10(2)15(18)11(3)9-12/h5-6,8-9,16,19H,4,7H2,1-3H3. The van der Waals surface area contributed by atoms with Crippen LogP contribution in [0.5, 0.6) is 0 Å². The Morgan fingerprint density at radius 1 is 1.25 bits per heavy atom. The van der Waals surface area contributed by atoms with Gasteiger partial charge in [0.1, 0.15) is 11.6 Å². The van der Waals surface area contributed by atoms with Crippen molar-refractivity contribution in [3.63, 3.8) is 0 Å². The van der Waals surface area contributed by atoms with Crippen LogP contribution >= 0.6 is 11.6 Å². The Kier molecular flexibility index (Phi) is 4.84. The summed E-state index contributed by atoms with van der Waals surface area (Å²) < 4.78 is 19.3. The van der Waals surface area contributed by atoms with E-state index in [4.69, 9.17) is 16.0 Å². The van der Waals surface area contributed by atoms with Crippen LogP contribution in [0.4, 0.5) is 4.39 Å². The second kappa shape index (κ2) is 6.42. The van der Waals surface area contributed by atoms with Crippen molar-refractivity contribution in [2.45, 2.75) is 33.2 Å². The largest absolute Gasteiger partial charge is 0.448 e. The van der Waals surface area contributed by atoms with E-state index in [0.29, 0.717) is 16.3 Å². The molecule has 1 atom stereocenters. The Balaban J connectivity index is 2.40. The molecular weight excluding hydrogens is 277 g/mol. The van der Waals surface area contributed by atoms with E-state index in [2.05, 4.69) is 12.2 Å². The first-order valence-corrected chi connectivity index (χ1v) is 7.16. The molecule has 1 unspecified atom stereocenters. The van der Waals surface area contributed by atoms with Gasteiger partial charge in [0.2, 0.25) is 0 Å². The van der Waals surface area contributed by atoms with E-state index in [9.17, 15) is 4.39 Å². The van der Waals surface area contributed by atoms with Gasteiger partial charge in [-0.15, -0.1) is 0 Å². The lowest BCUT2D eigenvalue weighted by Crippen LogP contribution is -2.23. The summed E-state index contributed by atoms with van der Waals surface area (Å²) in [4.78, 5) is 0. The van der Waals surface area contributed by atoms with Crippen molar-refractivity contribution in [1.29, 1.82) is 0 Å². The fourth-order valence-electron chi connectivity index (χ4n) is 2.30. The number of halogens is 2. The van der Waals surface area contributed by atoms with Gasteiger partial charge in [-0.05, 0) is 67.2 Å². The molecule has 2 aromatic rings. The van der Waals surface area contributed by atoms with Gasteiger partial charge in [-0.1, -0.05) is 19.1 Å². The quantitative estimate of drug-likeness (QED) is 0.859. The number of aryl methyl sites for hydroxylation is 2. The van der Waals surface area contributed by atoms with E-state index in [-0.39, 0.29) is 11.9 Å².